The molecule has 3 rings (SSSR count). The Morgan fingerprint density at radius 2 is 2.04 bits per heavy atom. The average Bonchev–Trinajstić information content (AvgIpc) is 3.16. The van der Waals surface area contributed by atoms with Crippen LogP contribution < -0.4 is 11.2 Å². The van der Waals surface area contributed by atoms with Gasteiger partial charge in [0.05, 0.1) is 6.61 Å². The Morgan fingerprint density at radius 1 is 1.29 bits per heavy atom. The molecule has 0 N–H and O–H groups in total. The molecule has 11 nitrogen and oxygen atoms in total. The molecule has 1 aliphatic rings. The minimum atomic E-state index is -4.17. The third kappa shape index (κ3) is 3.66. The molecular weight excluding hydrogens is 390 g/mol. The van der Waals surface area contributed by atoms with Gasteiger partial charge in [-0.2, -0.15) is 9.29 Å². The molecule has 1 atom stereocenters. The maximum Gasteiger partial charge on any atom is 0.330 e. The summed E-state index contributed by atoms with van der Waals surface area (Å²) in [6, 6.07) is -0.663. The topological polar surface area (TPSA) is 130 Å². The molecule has 1 aliphatic heterocycles. The zero-order chi connectivity index (χ0) is 20.5. The van der Waals surface area contributed by atoms with E-state index in [0.717, 1.165) is 21.8 Å². The van der Waals surface area contributed by atoms with Crippen molar-refractivity contribution < 1.29 is 17.7 Å². The van der Waals surface area contributed by atoms with Gasteiger partial charge in [0, 0.05) is 40.4 Å². The van der Waals surface area contributed by atoms with Gasteiger partial charge in [0.15, 0.2) is 10.7 Å². The summed E-state index contributed by atoms with van der Waals surface area (Å²) >= 11 is 0. The van der Waals surface area contributed by atoms with E-state index in [4.69, 9.17) is 9.26 Å². The van der Waals surface area contributed by atoms with E-state index in [1.807, 2.05) is 0 Å². The Labute approximate surface area is 161 Å². The third-order valence-corrected chi connectivity index (χ3v) is 6.64. The van der Waals surface area contributed by atoms with E-state index in [9.17, 15) is 18.0 Å². The van der Waals surface area contributed by atoms with Crippen molar-refractivity contribution in [3.05, 3.63) is 38.8 Å². The largest absolute Gasteiger partial charge is 0.384 e. The van der Waals surface area contributed by atoms with Gasteiger partial charge in [0.1, 0.15) is 6.04 Å². The van der Waals surface area contributed by atoms with Crippen LogP contribution in [0.25, 0.3) is 0 Å². The first-order chi connectivity index (χ1) is 13.3. The van der Waals surface area contributed by atoms with E-state index in [2.05, 4.69) is 10.1 Å². The van der Waals surface area contributed by atoms with Gasteiger partial charge < -0.3 is 13.8 Å². The molecule has 0 aromatic carbocycles. The monoisotopic (exact) mass is 413 g/mol. The molecule has 0 saturated carbocycles. The van der Waals surface area contributed by atoms with Crippen molar-refractivity contribution in [1.29, 1.82) is 0 Å². The van der Waals surface area contributed by atoms with Crippen molar-refractivity contribution in [2.24, 2.45) is 14.1 Å². The molecule has 0 aliphatic carbocycles. The average molecular weight is 413 g/mol. The SMILES string of the molecule is COCCc1noc(C2CCCCN2S(=O)(=O)c2cn(C)c(=O)n(C)c2=O)n1. The Balaban J connectivity index is 2.01. The second-order valence-corrected chi connectivity index (χ2v) is 8.53. The van der Waals surface area contributed by atoms with Crippen molar-refractivity contribution in [2.75, 3.05) is 20.3 Å². The lowest BCUT2D eigenvalue weighted by Gasteiger charge is -2.32. The molecule has 1 saturated heterocycles. The smallest absolute Gasteiger partial charge is 0.330 e. The van der Waals surface area contributed by atoms with Gasteiger partial charge in [-0.05, 0) is 12.8 Å². The minimum Gasteiger partial charge on any atom is -0.384 e. The predicted octanol–water partition coefficient (Wildman–Crippen LogP) is -0.428. The maximum absolute atomic E-state index is 13.3. The number of methoxy groups -OCH3 is 1. The third-order valence-electron chi connectivity index (χ3n) is 4.75. The van der Waals surface area contributed by atoms with E-state index < -0.39 is 32.2 Å². The van der Waals surface area contributed by atoms with Crippen molar-refractivity contribution in [2.45, 2.75) is 36.6 Å². The fourth-order valence-corrected chi connectivity index (χ4v) is 5.02. The van der Waals surface area contributed by atoms with Crippen molar-refractivity contribution >= 4 is 10.0 Å². The van der Waals surface area contributed by atoms with Crippen LogP contribution in [-0.4, -0.2) is 52.3 Å². The fraction of sp³-hybridized carbons (Fsp3) is 0.625. The van der Waals surface area contributed by atoms with Gasteiger partial charge >= 0.3 is 5.69 Å². The van der Waals surface area contributed by atoms with Crippen molar-refractivity contribution in [3.8, 4) is 0 Å². The summed E-state index contributed by atoms with van der Waals surface area (Å²) in [5.41, 5.74) is -1.46. The lowest BCUT2D eigenvalue weighted by molar-refractivity contribution is 0.197. The van der Waals surface area contributed by atoms with Gasteiger partial charge in [-0.1, -0.05) is 11.6 Å². The number of piperidine rings is 1. The lowest BCUT2D eigenvalue weighted by Crippen LogP contribution is -2.45. The molecule has 1 fully saturated rings. The van der Waals surface area contributed by atoms with Crippen molar-refractivity contribution in [3.63, 3.8) is 0 Å². The van der Waals surface area contributed by atoms with E-state index in [0.29, 0.717) is 31.7 Å². The molecule has 154 valence electrons. The first-order valence-electron chi connectivity index (χ1n) is 8.87. The summed E-state index contributed by atoms with van der Waals surface area (Å²) in [6.45, 7) is 0.633. The summed E-state index contributed by atoms with van der Waals surface area (Å²) in [7, 11) is 0.0328. The van der Waals surface area contributed by atoms with Crippen LogP contribution in [0.3, 0.4) is 0 Å². The number of nitrogens with zero attached hydrogens (tertiary/aromatic N) is 5. The quantitative estimate of drug-likeness (QED) is 0.624. The van der Waals surface area contributed by atoms with Crippen LogP contribution in [0, 0.1) is 0 Å². The van der Waals surface area contributed by atoms with Crippen LogP contribution in [-0.2, 0) is 35.3 Å². The number of hydrogen-bond acceptors (Lipinski definition) is 8. The summed E-state index contributed by atoms with van der Waals surface area (Å²) in [5, 5.41) is 3.88. The molecule has 3 heterocycles. The van der Waals surface area contributed by atoms with Gasteiger partial charge in [0.25, 0.3) is 15.6 Å². The van der Waals surface area contributed by atoms with Crippen LogP contribution in [0.5, 0.6) is 0 Å². The molecular formula is C16H23N5O6S. The molecule has 0 radical (unpaired) electrons. The number of aromatic nitrogens is 4. The molecule has 0 spiro atoms. The maximum atomic E-state index is 13.3. The summed E-state index contributed by atoms with van der Waals surface area (Å²) in [4.78, 5) is 28.2. The van der Waals surface area contributed by atoms with E-state index in [-0.39, 0.29) is 12.4 Å². The molecule has 0 bridgehead atoms. The first kappa shape index (κ1) is 20.4. The van der Waals surface area contributed by atoms with E-state index in [1.165, 1.54) is 18.4 Å². The lowest BCUT2D eigenvalue weighted by atomic mass is 10.1. The van der Waals surface area contributed by atoms with E-state index >= 15 is 0 Å². The normalized spacial score (nSPS) is 18.5. The highest BCUT2D eigenvalue weighted by molar-refractivity contribution is 7.89. The van der Waals surface area contributed by atoms with Crippen molar-refractivity contribution in [1.82, 2.24) is 23.6 Å². The summed E-state index contributed by atoms with van der Waals surface area (Å²) in [5.74, 6) is 0.619. The summed E-state index contributed by atoms with van der Waals surface area (Å²) in [6.07, 6.45) is 3.44. The molecule has 28 heavy (non-hydrogen) atoms. The highest BCUT2D eigenvalue weighted by atomic mass is 32.2. The van der Waals surface area contributed by atoms with E-state index in [1.54, 1.807) is 7.11 Å². The Hall–Kier alpha value is -2.31. The number of rotatable bonds is 6. The zero-order valence-corrected chi connectivity index (χ0v) is 16.8. The number of sulfonamides is 1. The molecule has 2 aromatic rings. The number of aryl methyl sites for hydroxylation is 1. The predicted molar refractivity (Wildman–Crippen MR) is 97.3 cm³/mol. The number of ether oxygens (including phenoxy) is 1. The van der Waals surface area contributed by atoms with Crippen LogP contribution in [0.1, 0.15) is 37.0 Å². The number of hydrogen-bond donors (Lipinski definition) is 0. The van der Waals surface area contributed by atoms with Crippen LogP contribution in [0.15, 0.2) is 25.2 Å². The standard InChI is InChI=1S/C16H23N5O6S/c1-19-10-12(15(22)20(2)16(19)23)28(24,25)21-8-5-4-6-11(21)14-17-13(18-27-14)7-9-26-3/h10-11H,4-9H2,1-3H3. The minimum absolute atomic E-state index is 0.191. The van der Waals surface area contributed by atoms with Gasteiger partial charge in [-0.15, -0.1) is 0 Å². The zero-order valence-electron chi connectivity index (χ0n) is 16.0. The molecule has 12 heteroatoms. The van der Waals surface area contributed by atoms with Gasteiger partial charge in [0.2, 0.25) is 5.89 Å². The molecule has 2 aromatic heterocycles. The second-order valence-electron chi connectivity index (χ2n) is 6.67. The van der Waals surface area contributed by atoms with Gasteiger partial charge in [-0.3, -0.25) is 9.36 Å². The fourth-order valence-electron chi connectivity index (χ4n) is 3.22. The van der Waals surface area contributed by atoms with Crippen LogP contribution in [0.4, 0.5) is 0 Å². The highest BCUT2D eigenvalue weighted by Crippen LogP contribution is 2.33. The Kier molecular flexibility index (Phi) is 5.82. The Bertz CT molecular complexity index is 1070. The second kappa shape index (κ2) is 7.97. The van der Waals surface area contributed by atoms with Crippen LogP contribution >= 0.6 is 0 Å². The molecule has 1 unspecified atom stereocenters. The summed E-state index contributed by atoms with van der Waals surface area (Å²) < 4.78 is 39.9. The first-order valence-corrected chi connectivity index (χ1v) is 10.3. The van der Waals surface area contributed by atoms with Gasteiger partial charge in [-0.25, -0.2) is 13.2 Å². The highest BCUT2D eigenvalue weighted by Gasteiger charge is 2.39. The Morgan fingerprint density at radius 3 is 2.75 bits per heavy atom. The molecule has 0 amide bonds. The van der Waals surface area contributed by atoms with Crippen LogP contribution in [0.2, 0.25) is 0 Å².